The number of nitrogens with one attached hydrogen (secondary N) is 1. The van der Waals surface area contributed by atoms with E-state index in [-0.39, 0.29) is 12.1 Å². The van der Waals surface area contributed by atoms with E-state index < -0.39 is 0 Å². The van der Waals surface area contributed by atoms with Crippen LogP contribution in [0.1, 0.15) is 25.2 Å². The lowest BCUT2D eigenvalue weighted by atomic mass is 10.2. The number of imidazole rings is 1. The van der Waals surface area contributed by atoms with E-state index in [0.29, 0.717) is 11.8 Å². The first-order chi connectivity index (χ1) is 11.6. The van der Waals surface area contributed by atoms with Gasteiger partial charge in [0, 0.05) is 42.5 Å². The fourth-order valence-corrected chi connectivity index (χ4v) is 4.01. The Kier molecular flexibility index (Phi) is 5.45. The maximum absolute atomic E-state index is 12.5. The highest BCUT2D eigenvalue weighted by Gasteiger charge is 2.28. The highest BCUT2D eigenvalue weighted by atomic mass is 32.2. The molecule has 1 saturated heterocycles. The van der Waals surface area contributed by atoms with Crippen molar-refractivity contribution in [3.63, 3.8) is 0 Å². The number of benzene rings is 1. The summed E-state index contributed by atoms with van der Waals surface area (Å²) in [7, 11) is 0. The standard InChI is InChI=1S/C18H24N4OS/c1-14-15(2)24-11-10-22(14)18(23)20-12-17-19-8-9-21(17)13-16-6-4-3-5-7-16/h3-9,14-15H,10-13H2,1-2H3,(H,20,23)/t14-,15+/m0/s1. The molecule has 5 nitrogen and oxygen atoms in total. The van der Waals surface area contributed by atoms with Gasteiger partial charge in [0.05, 0.1) is 6.54 Å². The Balaban J connectivity index is 1.59. The molecule has 24 heavy (non-hydrogen) atoms. The summed E-state index contributed by atoms with van der Waals surface area (Å²) < 4.78 is 2.08. The number of thioether (sulfide) groups is 1. The van der Waals surface area contributed by atoms with Gasteiger partial charge in [-0.25, -0.2) is 9.78 Å². The first-order valence-corrected chi connectivity index (χ1v) is 9.40. The van der Waals surface area contributed by atoms with E-state index in [1.165, 1.54) is 5.56 Å². The van der Waals surface area contributed by atoms with Gasteiger partial charge in [-0.1, -0.05) is 37.3 Å². The van der Waals surface area contributed by atoms with Crippen LogP contribution in [0.2, 0.25) is 0 Å². The first kappa shape index (κ1) is 16.9. The summed E-state index contributed by atoms with van der Waals surface area (Å²) in [6.45, 7) is 6.32. The largest absolute Gasteiger partial charge is 0.331 e. The predicted octanol–water partition coefficient (Wildman–Crippen LogP) is 2.97. The number of amides is 2. The maximum atomic E-state index is 12.5. The molecule has 2 amide bonds. The number of rotatable bonds is 4. The number of hydrogen-bond donors (Lipinski definition) is 1. The van der Waals surface area contributed by atoms with Gasteiger partial charge in [-0.2, -0.15) is 11.8 Å². The Morgan fingerprint density at radius 3 is 2.92 bits per heavy atom. The van der Waals surface area contributed by atoms with Crippen molar-refractivity contribution in [3.05, 3.63) is 54.1 Å². The van der Waals surface area contributed by atoms with E-state index in [1.54, 1.807) is 6.20 Å². The average molecular weight is 344 g/mol. The van der Waals surface area contributed by atoms with E-state index in [0.717, 1.165) is 24.7 Å². The molecule has 1 aromatic heterocycles. The lowest BCUT2D eigenvalue weighted by Crippen LogP contribution is -2.51. The minimum Gasteiger partial charge on any atom is -0.331 e. The molecule has 2 heterocycles. The summed E-state index contributed by atoms with van der Waals surface area (Å²) >= 11 is 1.93. The molecule has 1 N–H and O–H groups in total. The van der Waals surface area contributed by atoms with Crippen LogP contribution >= 0.6 is 11.8 Å². The normalized spacial score (nSPS) is 20.8. The summed E-state index contributed by atoms with van der Waals surface area (Å²) in [6.07, 6.45) is 3.74. The number of urea groups is 1. The molecule has 1 aliphatic rings. The van der Waals surface area contributed by atoms with E-state index in [1.807, 2.05) is 41.1 Å². The molecule has 0 spiro atoms. The van der Waals surface area contributed by atoms with Crippen LogP contribution in [0, 0.1) is 0 Å². The van der Waals surface area contributed by atoms with Crippen LogP contribution in [0.5, 0.6) is 0 Å². The second-order valence-electron chi connectivity index (χ2n) is 6.13. The molecule has 2 aromatic rings. The van der Waals surface area contributed by atoms with Crippen LogP contribution in [0.4, 0.5) is 4.79 Å². The molecule has 0 saturated carbocycles. The summed E-state index contributed by atoms with van der Waals surface area (Å²) in [5, 5.41) is 3.50. The molecule has 1 aromatic carbocycles. The minimum atomic E-state index is 0.00362. The van der Waals surface area contributed by atoms with Gasteiger partial charge in [0.25, 0.3) is 0 Å². The van der Waals surface area contributed by atoms with Crippen molar-refractivity contribution < 1.29 is 4.79 Å². The molecule has 128 valence electrons. The monoisotopic (exact) mass is 344 g/mol. The van der Waals surface area contributed by atoms with Crippen molar-refractivity contribution in [3.8, 4) is 0 Å². The Morgan fingerprint density at radius 1 is 1.33 bits per heavy atom. The highest BCUT2D eigenvalue weighted by molar-refractivity contribution is 8.00. The third-order valence-electron chi connectivity index (χ3n) is 4.54. The SMILES string of the molecule is C[C@H]1SCCN(C(=O)NCc2nccn2Cc2ccccc2)[C@H]1C. The molecule has 1 aliphatic heterocycles. The zero-order valence-electron chi connectivity index (χ0n) is 14.2. The van der Waals surface area contributed by atoms with Crippen LogP contribution in [0.15, 0.2) is 42.7 Å². The zero-order chi connectivity index (χ0) is 16.9. The molecule has 2 atom stereocenters. The summed E-state index contributed by atoms with van der Waals surface area (Å²) in [4.78, 5) is 18.8. The van der Waals surface area contributed by atoms with Gasteiger partial charge < -0.3 is 14.8 Å². The van der Waals surface area contributed by atoms with E-state index in [4.69, 9.17) is 0 Å². The van der Waals surface area contributed by atoms with Gasteiger partial charge in [-0.3, -0.25) is 0 Å². The number of carbonyl (C=O) groups is 1. The Bertz CT molecular complexity index is 673. The quantitative estimate of drug-likeness (QED) is 0.928. The Hall–Kier alpha value is -1.95. The smallest absolute Gasteiger partial charge is 0.318 e. The molecule has 0 aliphatic carbocycles. The van der Waals surface area contributed by atoms with Gasteiger partial charge in [0.2, 0.25) is 0 Å². The van der Waals surface area contributed by atoms with Crippen molar-refractivity contribution in [2.45, 2.75) is 38.2 Å². The maximum Gasteiger partial charge on any atom is 0.318 e. The average Bonchev–Trinajstić information content (AvgIpc) is 3.03. The van der Waals surface area contributed by atoms with Crippen LogP contribution in [0.3, 0.4) is 0 Å². The number of hydrogen-bond acceptors (Lipinski definition) is 3. The van der Waals surface area contributed by atoms with Crippen molar-refractivity contribution in [2.24, 2.45) is 0 Å². The number of nitrogens with zero attached hydrogens (tertiary/aromatic N) is 3. The van der Waals surface area contributed by atoms with Crippen molar-refractivity contribution in [1.29, 1.82) is 0 Å². The van der Waals surface area contributed by atoms with Gasteiger partial charge >= 0.3 is 6.03 Å². The molecule has 6 heteroatoms. The van der Waals surface area contributed by atoms with Crippen molar-refractivity contribution in [2.75, 3.05) is 12.3 Å². The van der Waals surface area contributed by atoms with E-state index in [2.05, 4.69) is 40.8 Å². The van der Waals surface area contributed by atoms with Crippen molar-refractivity contribution in [1.82, 2.24) is 19.8 Å². The molecule has 0 bridgehead atoms. The fraction of sp³-hybridized carbons (Fsp3) is 0.444. The minimum absolute atomic E-state index is 0.00362. The third kappa shape index (κ3) is 3.93. The fourth-order valence-electron chi connectivity index (χ4n) is 2.91. The molecule has 3 rings (SSSR count). The second kappa shape index (κ2) is 7.75. The zero-order valence-corrected chi connectivity index (χ0v) is 15.0. The molecule has 1 fully saturated rings. The molecule has 0 unspecified atom stereocenters. The van der Waals surface area contributed by atoms with Crippen LogP contribution in [-0.4, -0.2) is 44.1 Å². The van der Waals surface area contributed by atoms with E-state index in [9.17, 15) is 4.79 Å². The van der Waals surface area contributed by atoms with Gasteiger partial charge in [-0.15, -0.1) is 0 Å². The van der Waals surface area contributed by atoms with E-state index >= 15 is 0 Å². The highest BCUT2D eigenvalue weighted by Crippen LogP contribution is 2.24. The lowest BCUT2D eigenvalue weighted by Gasteiger charge is -2.37. The van der Waals surface area contributed by atoms with Crippen LogP contribution in [0.25, 0.3) is 0 Å². The van der Waals surface area contributed by atoms with Crippen molar-refractivity contribution >= 4 is 17.8 Å². The molecular formula is C18H24N4OS. The van der Waals surface area contributed by atoms with Gasteiger partial charge in [-0.05, 0) is 12.5 Å². The Morgan fingerprint density at radius 2 is 2.12 bits per heavy atom. The first-order valence-electron chi connectivity index (χ1n) is 8.35. The number of aromatic nitrogens is 2. The topological polar surface area (TPSA) is 50.2 Å². The lowest BCUT2D eigenvalue weighted by molar-refractivity contribution is 0.179. The summed E-state index contributed by atoms with van der Waals surface area (Å²) in [6, 6.07) is 10.5. The summed E-state index contributed by atoms with van der Waals surface area (Å²) in [5.74, 6) is 1.88. The van der Waals surface area contributed by atoms with Gasteiger partial charge in [0.1, 0.15) is 5.82 Å². The predicted molar refractivity (Wildman–Crippen MR) is 98.1 cm³/mol. The van der Waals surface area contributed by atoms with Crippen LogP contribution in [-0.2, 0) is 13.1 Å². The number of carbonyl (C=O) groups excluding carboxylic acids is 1. The molecule has 0 radical (unpaired) electrons. The molecular weight excluding hydrogens is 320 g/mol. The van der Waals surface area contributed by atoms with Crippen LogP contribution < -0.4 is 5.32 Å². The third-order valence-corrected chi connectivity index (χ3v) is 5.88. The summed E-state index contributed by atoms with van der Waals surface area (Å²) in [5.41, 5.74) is 1.22. The Labute approximate surface area is 147 Å². The second-order valence-corrected chi connectivity index (χ2v) is 7.61. The van der Waals surface area contributed by atoms with Gasteiger partial charge in [0.15, 0.2) is 0 Å².